The number of hydrogen-bond acceptors (Lipinski definition) is 3. The van der Waals surface area contributed by atoms with E-state index in [2.05, 4.69) is 35.0 Å². The van der Waals surface area contributed by atoms with Crippen LogP contribution in [0.3, 0.4) is 0 Å². The summed E-state index contributed by atoms with van der Waals surface area (Å²) < 4.78 is 5.21. The Hall–Kier alpha value is -1.89. The molecule has 3 N–H and O–H groups in total. The Morgan fingerprint density at radius 2 is 1.85 bits per heavy atom. The lowest BCUT2D eigenvalue weighted by molar-refractivity contribution is -1.02. The second kappa shape index (κ2) is 9.71. The number of rotatable bonds is 8. The molecule has 6 heteroatoms. The molecule has 0 bridgehead atoms. The van der Waals surface area contributed by atoms with Crippen molar-refractivity contribution in [2.75, 3.05) is 46.4 Å². The monoisotopic (exact) mass is 375 g/mol. The molecule has 1 amide bonds. The molecule has 26 heavy (non-hydrogen) atoms. The summed E-state index contributed by atoms with van der Waals surface area (Å²) >= 11 is 1.75. The highest BCUT2D eigenvalue weighted by Gasteiger charge is 2.24. The fourth-order valence-electron chi connectivity index (χ4n) is 3.41. The molecular formula is C20H29N3O2S+2. The van der Waals surface area contributed by atoms with Gasteiger partial charge in [0.25, 0.3) is 5.91 Å². The van der Waals surface area contributed by atoms with Gasteiger partial charge in [-0.25, -0.2) is 0 Å². The molecule has 0 spiro atoms. The standard InChI is InChI=1S/C20H27N3O2S/c1-25-18-6-4-17(5-7-18)15-22-10-12-23(13-11-22)16-20(24)21-9-8-19-3-2-14-26-19/h2-7,14H,8-13,15-16H2,1H3,(H,21,24)/p+2. The minimum Gasteiger partial charge on any atom is -0.497 e. The normalized spacial score (nSPS) is 19.9. The van der Waals surface area contributed by atoms with Crippen LogP contribution in [0, 0.1) is 0 Å². The van der Waals surface area contributed by atoms with Gasteiger partial charge in [-0.15, -0.1) is 11.3 Å². The molecule has 3 rings (SSSR count). The number of carbonyl (C=O) groups is 1. The maximum absolute atomic E-state index is 12.1. The summed E-state index contributed by atoms with van der Waals surface area (Å²) in [5.41, 5.74) is 1.34. The van der Waals surface area contributed by atoms with Crippen molar-refractivity contribution in [2.24, 2.45) is 0 Å². The Morgan fingerprint density at radius 1 is 1.12 bits per heavy atom. The van der Waals surface area contributed by atoms with Crippen LogP contribution in [0.2, 0.25) is 0 Å². The van der Waals surface area contributed by atoms with Crippen molar-refractivity contribution >= 4 is 17.2 Å². The summed E-state index contributed by atoms with van der Waals surface area (Å²) in [5.74, 6) is 1.08. The van der Waals surface area contributed by atoms with Gasteiger partial charge < -0.3 is 19.9 Å². The molecular weight excluding hydrogens is 346 g/mol. The largest absolute Gasteiger partial charge is 0.497 e. The quantitative estimate of drug-likeness (QED) is 0.577. The molecule has 5 nitrogen and oxygen atoms in total. The van der Waals surface area contributed by atoms with Gasteiger partial charge in [-0.05, 0) is 42.1 Å². The average molecular weight is 376 g/mol. The van der Waals surface area contributed by atoms with Crippen molar-refractivity contribution in [2.45, 2.75) is 13.0 Å². The van der Waals surface area contributed by atoms with Gasteiger partial charge in [-0.2, -0.15) is 0 Å². The van der Waals surface area contributed by atoms with E-state index < -0.39 is 0 Å². The molecule has 2 heterocycles. The molecule has 0 saturated carbocycles. The summed E-state index contributed by atoms with van der Waals surface area (Å²) in [6.45, 7) is 6.73. The van der Waals surface area contributed by atoms with Crippen LogP contribution in [-0.2, 0) is 17.8 Å². The predicted octanol–water partition coefficient (Wildman–Crippen LogP) is -0.601. The highest BCUT2D eigenvalue weighted by molar-refractivity contribution is 7.09. The number of quaternary nitrogens is 2. The molecule has 1 aliphatic rings. The molecule has 0 atom stereocenters. The molecule has 1 aromatic carbocycles. The van der Waals surface area contributed by atoms with Crippen LogP contribution >= 0.6 is 11.3 Å². The number of hydrogen-bond donors (Lipinski definition) is 3. The van der Waals surface area contributed by atoms with E-state index in [0.717, 1.165) is 51.4 Å². The number of thiophene rings is 1. The molecule has 140 valence electrons. The van der Waals surface area contributed by atoms with E-state index in [-0.39, 0.29) is 5.91 Å². The maximum Gasteiger partial charge on any atom is 0.275 e. The van der Waals surface area contributed by atoms with Crippen LogP contribution in [0.1, 0.15) is 10.4 Å². The third-order valence-electron chi connectivity index (χ3n) is 4.96. The van der Waals surface area contributed by atoms with E-state index in [1.165, 1.54) is 15.3 Å². The van der Waals surface area contributed by atoms with E-state index in [0.29, 0.717) is 6.54 Å². The van der Waals surface area contributed by atoms with Gasteiger partial charge in [0, 0.05) is 17.0 Å². The second-order valence-electron chi connectivity index (χ2n) is 6.88. The van der Waals surface area contributed by atoms with Crippen LogP contribution in [0.5, 0.6) is 5.75 Å². The Kier molecular flexibility index (Phi) is 7.05. The van der Waals surface area contributed by atoms with Crippen molar-refractivity contribution < 1.29 is 19.3 Å². The molecule has 1 aromatic heterocycles. The second-order valence-corrected chi connectivity index (χ2v) is 7.91. The van der Waals surface area contributed by atoms with Crippen LogP contribution in [0.25, 0.3) is 0 Å². The fraction of sp³-hybridized carbons (Fsp3) is 0.450. The number of piperazine rings is 1. The average Bonchev–Trinajstić information content (AvgIpc) is 3.17. The van der Waals surface area contributed by atoms with Gasteiger partial charge >= 0.3 is 0 Å². The van der Waals surface area contributed by atoms with Crippen LogP contribution in [0.4, 0.5) is 0 Å². The van der Waals surface area contributed by atoms with E-state index in [1.807, 2.05) is 12.1 Å². The van der Waals surface area contributed by atoms with Crippen molar-refractivity contribution in [3.05, 3.63) is 52.2 Å². The fourth-order valence-corrected chi connectivity index (χ4v) is 4.12. The molecule has 0 aliphatic carbocycles. The van der Waals surface area contributed by atoms with E-state index in [4.69, 9.17) is 4.74 Å². The first kappa shape index (κ1) is 18.9. The lowest BCUT2D eigenvalue weighted by Crippen LogP contribution is -3.28. The van der Waals surface area contributed by atoms with Crippen molar-refractivity contribution in [3.63, 3.8) is 0 Å². The number of nitrogens with one attached hydrogen (secondary N) is 3. The minimum atomic E-state index is 0.176. The number of amides is 1. The summed E-state index contributed by atoms with van der Waals surface area (Å²) in [6.07, 6.45) is 0.929. The zero-order chi connectivity index (χ0) is 18.2. The van der Waals surface area contributed by atoms with Crippen LogP contribution in [0.15, 0.2) is 41.8 Å². The molecule has 2 aromatic rings. The lowest BCUT2D eigenvalue weighted by Gasteiger charge is -2.29. The summed E-state index contributed by atoms with van der Waals surface area (Å²) in [5, 5.41) is 5.14. The Morgan fingerprint density at radius 3 is 2.50 bits per heavy atom. The maximum atomic E-state index is 12.1. The van der Waals surface area contributed by atoms with Gasteiger partial charge in [0.15, 0.2) is 6.54 Å². The van der Waals surface area contributed by atoms with E-state index in [1.54, 1.807) is 23.3 Å². The molecule has 0 radical (unpaired) electrons. The number of carbonyl (C=O) groups excluding carboxylic acids is 1. The number of benzene rings is 1. The summed E-state index contributed by atoms with van der Waals surface area (Å²) in [7, 11) is 1.70. The van der Waals surface area contributed by atoms with E-state index in [9.17, 15) is 4.79 Å². The Labute approximate surface area is 159 Å². The zero-order valence-electron chi connectivity index (χ0n) is 15.4. The highest BCUT2D eigenvalue weighted by atomic mass is 32.1. The summed E-state index contributed by atoms with van der Waals surface area (Å²) in [6, 6.07) is 12.5. The predicted molar refractivity (Wildman–Crippen MR) is 104 cm³/mol. The van der Waals surface area contributed by atoms with Crippen molar-refractivity contribution in [1.29, 1.82) is 0 Å². The van der Waals surface area contributed by atoms with E-state index >= 15 is 0 Å². The topological polar surface area (TPSA) is 47.2 Å². The highest BCUT2D eigenvalue weighted by Crippen LogP contribution is 2.10. The van der Waals surface area contributed by atoms with Gasteiger partial charge in [-0.3, -0.25) is 4.79 Å². The van der Waals surface area contributed by atoms with Crippen LogP contribution < -0.4 is 19.9 Å². The van der Waals surface area contributed by atoms with Gasteiger partial charge in [-0.1, -0.05) is 6.07 Å². The Bertz CT molecular complexity index is 665. The number of ether oxygens (including phenoxy) is 1. The molecule has 1 saturated heterocycles. The van der Waals surface area contributed by atoms with Gasteiger partial charge in [0.1, 0.15) is 38.5 Å². The third kappa shape index (κ3) is 5.83. The van der Waals surface area contributed by atoms with Crippen molar-refractivity contribution in [3.8, 4) is 5.75 Å². The van der Waals surface area contributed by atoms with Crippen molar-refractivity contribution in [1.82, 2.24) is 5.32 Å². The Balaban J connectivity index is 1.33. The third-order valence-corrected chi connectivity index (χ3v) is 5.90. The van der Waals surface area contributed by atoms with Gasteiger partial charge in [0.2, 0.25) is 0 Å². The van der Waals surface area contributed by atoms with Gasteiger partial charge in [0.05, 0.1) is 7.11 Å². The molecule has 0 unspecified atom stereocenters. The summed E-state index contributed by atoms with van der Waals surface area (Å²) in [4.78, 5) is 16.4. The molecule has 1 aliphatic heterocycles. The SMILES string of the molecule is COc1ccc(C[NH+]2CC[NH+](CC(=O)NCCc3cccs3)CC2)cc1. The first-order valence-corrected chi connectivity index (χ1v) is 10.2. The first-order chi connectivity index (χ1) is 12.7. The zero-order valence-corrected chi connectivity index (χ0v) is 16.2. The number of methoxy groups -OCH3 is 1. The van der Waals surface area contributed by atoms with Crippen LogP contribution in [-0.4, -0.2) is 52.3 Å². The smallest absolute Gasteiger partial charge is 0.275 e. The molecule has 1 fully saturated rings. The lowest BCUT2D eigenvalue weighted by atomic mass is 10.2. The minimum absolute atomic E-state index is 0.176. The first-order valence-electron chi connectivity index (χ1n) is 9.32.